The molecule has 0 spiro atoms. The summed E-state index contributed by atoms with van der Waals surface area (Å²) < 4.78 is 14.9. The van der Waals surface area contributed by atoms with Crippen LogP contribution in [0, 0.1) is 0 Å². The molecular formula is C23H24N8O2. The van der Waals surface area contributed by atoms with Crippen molar-refractivity contribution in [1.82, 2.24) is 34.3 Å². The van der Waals surface area contributed by atoms with Gasteiger partial charge < -0.3 is 14.9 Å². The van der Waals surface area contributed by atoms with Crippen molar-refractivity contribution in [3.8, 4) is 11.6 Å². The molecule has 1 saturated heterocycles. The number of ether oxygens (including phenoxy) is 1. The van der Waals surface area contributed by atoms with Crippen LogP contribution in [0.1, 0.15) is 11.3 Å². The smallest absolute Gasteiger partial charge is 0.225 e. The molecule has 0 aliphatic carbocycles. The summed E-state index contributed by atoms with van der Waals surface area (Å²) in [6, 6.07) is 14.2. The van der Waals surface area contributed by atoms with Crippen LogP contribution in [0.4, 0.5) is 5.95 Å². The fraction of sp³-hybridized carbons (Fsp3) is 0.304. The standard InChI is InChI=1S/C23H24N8O2/c24-23-27-21-18(14-25-30(21)9-8-16-4-2-1-3-5-16)22-26-20(28-31(22)23)19-7-6-17(33-19)15-29-10-12-32-13-11-29/h1-7,14H,8-13,15H2,(H2,24,27). The Balaban J connectivity index is 1.29. The number of furan rings is 1. The van der Waals surface area contributed by atoms with E-state index in [-0.39, 0.29) is 5.95 Å². The van der Waals surface area contributed by atoms with Gasteiger partial charge in [-0.1, -0.05) is 30.3 Å². The molecule has 1 aliphatic rings. The van der Waals surface area contributed by atoms with Crippen LogP contribution >= 0.6 is 0 Å². The number of fused-ring (bicyclic) bond motifs is 3. The Morgan fingerprint density at radius 1 is 0.970 bits per heavy atom. The molecule has 1 aliphatic heterocycles. The zero-order valence-electron chi connectivity index (χ0n) is 18.1. The Morgan fingerprint density at radius 3 is 2.67 bits per heavy atom. The van der Waals surface area contributed by atoms with Gasteiger partial charge in [0.25, 0.3) is 0 Å². The number of nitrogen functional groups attached to an aromatic ring is 1. The lowest BCUT2D eigenvalue weighted by Crippen LogP contribution is -2.35. The molecule has 4 aromatic heterocycles. The van der Waals surface area contributed by atoms with Crippen LogP contribution in [0.3, 0.4) is 0 Å². The molecule has 0 radical (unpaired) electrons. The second-order valence-corrected chi connectivity index (χ2v) is 8.14. The maximum Gasteiger partial charge on any atom is 0.225 e. The number of hydrogen-bond acceptors (Lipinski definition) is 8. The van der Waals surface area contributed by atoms with Crippen LogP contribution in [0.5, 0.6) is 0 Å². The lowest BCUT2D eigenvalue weighted by atomic mass is 10.1. The number of anilines is 1. The van der Waals surface area contributed by atoms with Crippen LogP contribution < -0.4 is 5.73 Å². The van der Waals surface area contributed by atoms with Crippen LogP contribution in [0.15, 0.2) is 53.1 Å². The minimum absolute atomic E-state index is 0.262. The molecular weight excluding hydrogens is 420 g/mol. The summed E-state index contributed by atoms with van der Waals surface area (Å²) in [5.74, 6) is 2.21. The van der Waals surface area contributed by atoms with Gasteiger partial charge in [-0.15, -0.1) is 5.10 Å². The molecule has 6 rings (SSSR count). The molecule has 33 heavy (non-hydrogen) atoms. The van der Waals surface area contributed by atoms with Crippen molar-refractivity contribution in [2.45, 2.75) is 19.5 Å². The van der Waals surface area contributed by atoms with Crippen molar-refractivity contribution >= 4 is 22.6 Å². The lowest BCUT2D eigenvalue weighted by Gasteiger charge is -2.25. The van der Waals surface area contributed by atoms with Gasteiger partial charge in [0.05, 0.1) is 31.3 Å². The summed E-state index contributed by atoms with van der Waals surface area (Å²) in [5, 5.41) is 9.88. The molecule has 10 heteroatoms. The van der Waals surface area contributed by atoms with Gasteiger partial charge in [0.1, 0.15) is 5.76 Å². The number of nitrogens with zero attached hydrogens (tertiary/aromatic N) is 7. The fourth-order valence-electron chi connectivity index (χ4n) is 4.17. The van der Waals surface area contributed by atoms with E-state index in [1.807, 2.05) is 35.0 Å². The summed E-state index contributed by atoms with van der Waals surface area (Å²) in [7, 11) is 0. The summed E-state index contributed by atoms with van der Waals surface area (Å²) in [6.45, 7) is 4.74. The van der Waals surface area contributed by atoms with Gasteiger partial charge in [-0.25, -0.2) is 9.67 Å². The van der Waals surface area contributed by atoms with E-state index in [4.69, 9.17) is 19.9 Å². The second-order valence-electron chi connectivity index (χ2n) is 8.14. The number of nitrogens with two attached hydrogens (primary N) is 1. The summed E-state index contributed by atoms with van der Waals surface area (Å²) in [4.78, 5) is 11.6. The first-order valence-corrected chi connectivity index (χ1v) is 11.1. The Morgan fingerprint density at radius 2 is 1.82 bits per heavy atom. The zero-order chi connectivity index (χ0) is 22.2. The topological polar surface area (TPSA) is 113 Å². The average Bonchev–Trinajstić information content (AvgIpc) is 3.57. The highest BCUT2D eigenvalue weighted by atomic mass is 16.5. The van der Waals surface area contributed by atoms with Crippen molar-refractivity contribution < 1.29 is 9.15 Å². The predicted molar refractivity (Wildman–Crippen MR) is 122 cm³/mol. The van der Waals surface area contributed by atoms with E-state index in [0.29, 0.717) is 29.4 Å². The second kappa shape index (κ2) is 8.30. The molecule has 10 nitrogen and oxygen atoms in total. The normalized spacial score (nSPS) is 15.0. The molecule has 1 fully saturated rings. The van der Waals surface area contributed by atoms with Crippen molar-refractivity contribution in [3.63, 3.8) is 0 Å². The number of morpholine rings is 1. The molecule has 2 N–H and O–H groups in total. The third kappa shape index (κ3) is 3.83. The quantitative estimate of drug-likeness (QED) is 0.425. The predicted octanol–water partition coefficient (Wildman–Crippen LogP) is 2.39. The first-order valence-electron chi connectivity index (χ1n) is 11.1. The zero-order valence-corrected chi connectivity index (χ0v) is 18.1. The highest BCUT2D eigenvalue weighted by molar-refractivity contribution is 5.90. The summed E-state index contributed by atoms with van der Waals surface area (Å²) in [6.07, 6.45) is 2.62. The maximum absolute atomic E-state index is 6.24. The van der Waals surface area contributed by atoms with Crippen LogP contribution in [-0.2, 0) is 24.2 Å². The lowest BCUT2D eigenvalue weighted by molar-refractivity contribution is 0.0314. The first kappa shape index (κ1) is 19.9. The highest BCUT2D eigenvalue weighted by Gasteiger charge is 2.19. The molecule has 5 heterocycles. The molecule has 0 unspecified atom stereocenters. The van der Waals surface area contributed by atoms with E-state index in [2.05, 4.69) is 32.2 Å². The SMILES string of the molecule is Nc1nc2c(cnn2CCc2ccccc2)c2nc(-c3ccc(CN4CCOCC4)o3)nn12. The third-order valence-electron chi connectivity index (χ3n) is 5.92. The number of aryl methyl sites for hydroxylation is 2. The third-order valence-corrected chi connectivity index (χ3v) is 5.92. The van der Waals surface area contributed by atoms with Crippen molar-refractivity contribution in [3.05, 3.63) is 60.0 Å². The Kier molecular flexibility index (Phi) is 5.00. The minimum atomic E-state index is 0.262. The van der Waals surface area contributed by atoms with E-state index in [1.54, 1.807) is 10.7 Å². The van der Waals surface area contributed by atoms with Gasteiger partial charge in [-0.3, -0.25) is 4.90 Å². The summed E-state index contributed by atoms with van der Waals surface area (Å²) >= 11 is 0. The van der Waals surface area contributed by atoms with Gasteiger partial charge in [0.15, 0.2) is 17.1 Å². The van der Waals surface area contributed by atoms with Crippen LogP contribution in [0.2, 0.25) is 0 Å². The highest BCUT2D eigenvalue weighted by Crippen LogP contribution is 2.25. The molecule has 1 aromatic carbocycles. The Labute approximate surface area is 189 Å². The van der Waals surface area contributed by atoms with Gasteiger partial charge in [-0.2, -0.15) is 14.6 Å². The summed E-state index contributed by atoms with van der Waals surface area (Å²) in [5.41, 5.74) is 8.79. The van der Waals surface area contributed by atoms with E-state index >= 15 is 0 Å². The number of rotatable bonds is 6. The van der Waals surface area contributed by atoms with Gasteiger partial charge in [0, 0.05) is 19.6 Å². The average molecular weight is 444 g/mol. The molecule has 0 saturated carbocycles. The fourth-order valence-corrected chi connectivity index (χ4v) is 4.17. The Bertz CT molecular complexity index is 1400. The van der Waals surface area contributed by atoms with Gasteiger partial charge in [0.2, 0.25) is 11.8 Å². The number of hydrogen-bond donors (Lipinski definition) is 1. The van der Waals surface area contributed by atoms with E-state index < -0.39 is 0 Å². The molecule has 0 atom stereocenters. The number of aromatic nitrogens is 6. The van der Waals surface area contributed by atoms with E-state index in [1.165, 1.54) is 5.56 Å². The number of benzene rings is 1. The molecule has 0 amide bonds. The molecule has 168 valence electrons. The Hall–Kier alpha value is -3.76. The maximum atomic E-state index is 6.24. The van der Waals surface area contributed by atoms with Crippen LogP contribution in [-0.4, -0.2) is 60.6 Å². The van der Waals surface area contributed by atoms with Crippen LogP contribution in [0.25, 0.3) is 28.3 Å². The molecule has 0 bridgehead atoms. The van der Waals surface area contributed by atoms with Gasteiger partial charge >= 0.3 is 0 Å². The minimum Gasteiger partial charge on any atom is -0.456 e. The monoisotopic (exact) mass is 444 g/mol. The van der Waals surface area contributed by atoms with Crippen molar-refractivity contribution in [2.75, 3.05) is 32.0 Å². The van der Waals surface area contributed by atoms with Crippen molar-refractivity contribution in [2.24, 2.45) is 0 Å². The van der Waals surface area contributed by atoms with Crippen molar-refractivity contribution in [1.29, 1.82) is 0 Å². The van der Waals surface area contributed by atoms with E-state index in [0.717, 1.165) is 50.4 Å². The van der Waals surface area contributed by atoms with E-state index in [9.17, 15) is 0 Å². The molecule has 5 aromatic rings. The largest absolute Gasteiger partial charge is 0.456 e. The van der Waals surface area contributed by atoms with Gasteiger partial charge in [-0.05, 0) is 24.1 Å². The first-order chi connectivity index (χ1) is 16.2.